The summed E-state index contributed by atoms with van der Waals surface area (Å²) in [6, 6.07) is 11.7. The molecular weight excluding hydrogens is 336 g/mol. The molecule has 0 aliphatic carbocycles. The number of rotatable bonds is 4. The van der Waals surface area contributed by atoms with Crippen LogP contribution in [0.5, 0.6) is 0 Å². The Bertz CT molecular complexity index is 911. The number of aromatic nitrogens is 4. The molecule has 0 unspecified atom stereocenters. The Labute approximate surface area is 148 Å². The van der Waals surface area contributed by atoms with Crippen LogP contribution in [0.4, 0.5) is 5.69 Å². The first-order valence-electron chi connectivity index (χ1n) is 7.86. The van der Waals surface area contributed by atoms with E-state index < -0.39 is 0 Å². The molecule has 8 heteroatoms. The van der Waals surface area contributed by atoms with E-state index >= 15 is 0 Å². The van der Waals surface area contributed by atoms with Crippen molar-refractivity contribution in [2.24, 2.45) is 0 Å². The van der Waals surface area contributed by atoms with Gasteiger partial charge in [0.15, 0.2) is 5.82 Å². The average Bonchev–Trinajstić information content (AvgIpc) is 3.24. The van der Waals surface area contributed by atoms with Crippen LogP contribution in [0.25, 0.3) is 11.4 Å². The quantitative estimate of drug-likeness (QED) is 0.568. The van der Waals surface area contributed by atoms with E-state index in [0.29, 0.717) is 11.0 Å². The van der Waals surface area contributed by atoms with Crippen molar-refractivity contribution in [3.63, 3.8) is 0 Å². The summed E-state index contributed by atoms with van der Waals surface area (Å²) in [5.74, 6) is 6.90. The van der Waals surface area contributed by atoms with E-state index in [-0.39, 0.29) is 11.7 Å². The van der Waals surface area contributed by atoms with E-state index in [1.54, 1.807) is 12.4 Å². The topological polar surface area (TPSA) is 89.9 Å². The van der Waals surface area contributed by atoms with E-state index in [0.717, 1.165) is 24.2 Å². The number of benzene rings is 1. The van der Waals surface area contributed by atoms with Crippen LogP contribution in [0.3, 0.4) is 0 Å². The van der Waals surface area contributed by atoms with Gasteiger partial charge in [0.2, 0.25) is 11.1 Å². The van der Waals surface area contributed by atoms with Crippen molar-refractivity contribution in [3.8, 4) is 11.4 Å². The van der Waals surface area contributed by atoms with Crippen LogP contribution in [-0.2, 0) is 11.2 Å². The Morgan fingerprint density at radius 1 is 1.20 bits per heavy atom. The van der Waals surface area contributed by atoms with Gasteiger partial charge in [-0.1, -0.05) is 30.0 Å². The first-order valence-corrected chi connectivity index (χ1v) is 8.84. The minimum absolute atomic E-state index is 0.0425. The van der Waals surface area contributed by atoms with Crippen molar-refractivity contribution in [3.05, 3.63) is 54.4 Å². The molecule has 1 aliphatic heterocycles. The lowest BCUT2D eigenvalue weighted by atomic mass is 10.2. The molecule has 0 fully saturated rings. The maximum atomic E-state index is 12.6. The predicted octanol–water partition coefficient (Wildman–Crippen LogP) is 1.74. The molecule has 0 saturated carbocycles. The summed E-state index contributed by atoms with van der Waals surface area (Å²) in [6.07, 6.45) is 4.25. The molecule has 0 radical (unpaired) electrons. The third-order valence-electron chi connectivity index (χ3n) is 4.10. The first kappa shape index (κ1) is 15.6. The van der Waals surface area contributed by atoms with Crippen LogP contribution in [0, 0.1) is 0 Å². The van der Waals surface area contributed by atoms with Gasteiger partial charge in [0.25, 0.3) is 0 Å². The van der Waals surface area contributed by atoms with Crippen LogP contribution in [-0.4, -0.2) is 38.1 Å². The fourth-order valence-electron chi connectivity index (χ4n) is 2.87. The molecule has 0 bridgehead atoms. The number of hydrogen-bond acceptors (Lipinski definition) is 6. The van der Waals surface area contributed by atoms with Crippen LogP contribution in [0.15, 0.2) is 53.9 Å². The molecule has 4 rings (SSSR count). The summed E-state index contributed by atoms with van der Waals surface area (Å²) in [5.41, 5.74) is 2.99. The standard InChI is InChI=1S/C17H16N6OS/c18-23-16(13-5-3-8-19-10-13)20-21-17(23)25-11-15(24)22-9-7-12-4-1-2-6-14(12)22/h1-6,8,10H,7,9,11,18H2. The molecule has 2 N–H and O–H groups in total. The van der Waals surface area contributed by atoms with Crippen LogP contribution in [0.2, 0.25) is 0 Å². The number of pyridine rings is 1. The summed E-state index contributed by atoms with van der Waals surface area (Å²) in [5, 5.41) is 8.69. The Hall–Kier alpha value is -2.87. The summed E-state index contributed by atoms with van der Waals surface area (Å²) in [7, 11) is 0. The third kappa shape index (κ3) is 2.96. The van der Waals surface area contributed by atoms with Gasteiger partial charge in [-0.15, -0.1) is 10.2 Å². The zero-order valence-corrected chi connectivity index (χ0v) is 14.2. The highest BCUT2D eigenvalue weighted by Crippen LogP contribution is 2.29. The second kappa shape index (κ2) is 6.56. The Balaban J connectivity index is 1.46. The second-order valence-electron chi connectivity index (χ2n) is 5.63. The lowest BCUT2D eigenvalue weighted by Gasteiger charge is -2.16. The summed E-state index contributed by atoms with van der Waals surface area (Å²) in [6.45, 7) is 0.717. The van der Waals surface area contributed by atoms with E-state index in [1.807, 2.05) is 35.2 Å². The molecule has 2 aromatic heterocycles. The van der Waals surface area contributed by atoms with Crippen molar-refractivity contribution in [2.45, 2.75) is 11.6 Å². The van der Waals surface area contributed by atoms with Gasteiger partial charge in [-0.3, -0.25) is 9.78 Å². The molecule has 25 heavy (non-hydrogen) atoms. The molecule has 3 heterocycles. The number of fused-ring (bicyclic) bond motifs is 1. The average molecular weight is 352 g/mol. The van der Waals surface area contributed by atoms with Crippen molar-refractivity contribution in [2.75, 3.05) is 23.0 Å². The molecule has 3 aromatic rings. The minimum Gasteiger partial charge on any atom is -0.335 e. The Morgan fingerprint density at radius 2 is 2.08 bits per heavy atom. The maximum absolute atomic E-state index is 12.6. The second-order valence-corrected chi connectivity index (χ2v) is 6.57. The van der Waals surface area contributed by atoms with Gasteiger partial charge in [-0.2, -0.15) is 0 Å². The smallest absolute Gasteiger partial charge is 0.237 e. The van der Waals surface area contributed by atoms with Gasteiger partial charge >= 0.3 is 0 Å². The fourth-order valence-corrected chi connectivity index (χ4v) is 3.60. The third-order valence-corrected chi connectivity index (χ3v) is 5.03. The van der Waals surface area contributed by atoms with Crippen molar-refractivity contribution in [1.82, 2.24) is 19.9 Å². The SMILES string of the molecule is Nn1c(SCC(=O)N2CCc3ccccc32)nnc1-c1cccnc1. The highest BCUT2D eigenvalue weighted by Gasteiger charge is 2.24. The Morgan fingerprint density at radius 3 is 2.92 bits per heavy atom. The number of nitrogen functional groups attached to an aromatic ring is 1. The zero-order chi connectivity index (χ0) is 17.2. The number of nitrogens with zero attached hydrogens (tertiary/aromatic N) is 5. The van der Waals surface area contributed by atoms with Crippen LogP contribution < -0.4 is 10.7 Å². The molecule has 126 valence electrons. The number of amides is 1. The van der Waals surface area contributed by atoms with Gasteiger partial charge in [0.1, 0.15) is 0 Å². The Kier molecular flexibility index (Phi) is 4.10. The van der Waals surface area contributed by atoms with Crippen molar-refractivity contribution < 1.29 is 4.79 Å². The summed E-state index contributed by atoms with van der Waals surface area (Å²) >= 11 is 1.28. The van der Waals surface area contributed by atoms with E-state index in [9.17, 15) is 4.79 Å². The molecular formula is C17H16N6OS. The van der Waals surface area contributed by atoms with Crippen molar-refractivity contribution in [1.29, 1.82) is 0 Å². The van der Waals surface area contributed by atoms with Crippen molar-refractivity contribution >= 4 is 23.4 Å². The highest BCUT2D eigenvalue weighted by atomic mass is 32.2. The number of carbonyl (C=O) groups is 1. The van der Waals surface area contributed by atoms with Gasteiger partial charge in [0, 0.05) is 30.2 Å². The number of nitrogens with two attached hydrogens (primary N) is 1. The lowest BCUT2D eigenvalue weighted by Crippen LogP contribution is -2.30. The molecule has 0 spiro atoms. The molecule has 7 nitrogen and oxygen atoms in total. The van der Waals surface area contributed by atoms with Gasteiger partial charge in [-0.25, -0.2) is 4.68 Å². The number of anilines is 1. The van der Waals surface area contributed by atoms with E-state index in [1.165, 1.54) is 22.0 Å². The fraction of sp³-hybridized carbons (Fsp3) is 0.176. The highest BCUT2D eigenvalue weighted by molar-refractivity contribution is 7.99. The van der Waals surface area contributed by atoms with Crippen LogP contribution in [0.1, 0.15) is 5.56 Å². The number of hydrogen-bond donors (Lipinski definition) is 1. The number of para-hydroxylation sites is 1. The van der Waals surface area contributed by atoms with E-state index in [2.05, 4.69) is 21.2 Å². The molecule has 1 aliphatic rings. The number of thioether (sulfide) groups is 1. The monoisotopic (exact) mass is 352 g/mol. The molecule has 0 atom stereocenters. The molecule has 0 saturated heterocycles. The summed E-state index contributed by atoms with van der Waals surface area (Å²) < 4.78 is 1.40. The van der Waals surface area contributed by atoms with E-state index in [4.69, 9.17) is 5.84 Å². The molecule has 1 amide bonds. The zero-order valence-electron chi connectivity index (χ0n) is 13.4. The molecule has 1 aromatic carbocycles. The number of carbonyl (C=O) groups excluding carboxylic acids is 1. The maximum Gasteiger partial charge on any atom is 0.237 e. The normalized spacial score (nSPS) is 13.0. The van der Waals surface area contributed by atoms with Gasteiger partial charge in [0.05, 0.1) is 5.75 Å². The summed E-state index contributed by atoms with van der Waals surface area (Å²) in [4.78, 5) is 18.4. The largest absolute Gasteiger partial charge is 0.335 e. The van der Waals surface area contributed by atoms with Crippen LogP contribution >= 0.6 is 11.8 Å². The lowest BCUT2D eigenvalue weighted by molar-refractivity contribution is -0.116. The predicted molar refractivity (Wildman–Crippen MR) is 96.6 cm³/mol. The first-order chi connectivity index (χ1) is 12.2. The van der Waals surface area contributed by atoms with Gasteiger partial charge < -0.3 is 10.7 Å². The minimum atomic E-state index is 0.0425. The van der Waals surface area contributed by atoms with Gasteiger partial charge in [-0.05, 0) is 30.2 Å².